The Balaban J connectivity index is 2.29. The Bertz CT molecular complexity index is 696. The van der Waals surface area contributed by atoms with Crippen LogP contribution in [0, 0.1) is 5.82 Å². The molecule has 0 atom stereocenters. The van der Waals surface area contributed by atoms with Crippen molar-refractivity contribution in [2.75, 3.05) is 11.9 Å². The molecule has 1 aromatic heterocycles. The molecular formula is C16H16FNO3S. The van der Waals surface area contributed by atoms with Crippen LogP contribution in [0.1, 0.15) is 39.4 Å². The van der Waals surface area contributed by atoms with Crippen LogP contribution in [0.4, 0.5) is 9.39 Å². The van der Waals surface area contributed by atoms with Gasteiger partial charge < -0.3 is 10.1 Å². The predicted molar refractivity (Wildman–Crippen MR) is 84.0 cm³/mol. The standard InChI is InChI=1S/C16H16FNO3S/c1-3-10-9-12(16(20)21-4-2)15(22-10)18-14(19)11-7-5-6-8-13(11)17/h5-9H,3-4H2,1-2H3,(H,18,19). The van der Waals surface area contributed by atoms with Crippen LogP contribution in [0.5, 0.6) is 0 Å². The van der Waals surface area contributed by atoms with Gasteiger partial charge >= 0.3 is 5.97 Å². The van der Waals surface area contributed by atoms with Gasteiger partial charge in [0, 0.05) is 4.88 Å². The second kappa shape index (κ2) is 7.17. The number of anilines is 1. The smallest absolute Gasteiger partial charge is 0.341 e. The molecule has 0 aliphatic heterocycles. The highest BCUT2D eigenvalue weighted by molar-refractivity contribution is 7.16. The number of nitrogens with one attached hydrogen (secondary N) is 1. The van der Waals surface area contributed by atoms with Crippen LogP contribution in [-0.4, -0.2) is 18.5 Å². The molecule has 6 heteroatoms. The molecule has 0 saturated carbocycles. The van der Waals surface area contributed by atoms with E-state index >= 15 is 0 Å². The minimum absolute atomic E-state index is 0.0660. The maximum Gasteiger partial charge on any atom is 0.341 e. The number of halogens is 1. The Labute approximate surface area is 131 Å². The zero-order valence-corrected chi connectivity index (χ0v) is 13.1. The number of amides is 1. The number of carbonyl (C=O) groups is 2. The summed E-state index contributed by atoms with van der Waals surface area (Å²) in [6, 6.07) is 7.39. The first-order valence-electron chi connectivity index (χ1n) is 6.92. The second-order valence-electron chi connectivity index (χ2n) is 4.46. The maximum absolute atomic E-state index is 13.6. The van der Waals surface area contributed by atoms with Gasteiger partial charge in [0.1, 0.15) is 10.8 Å². The van der Waals surface area contributed by atoms with Crippen molar-refractivity contribution in [2.24, 2.45) is 0 Å². The Morgan fingerprint density at radius 2 is 1.95 bits per heavy atom. The third kappa shape index (κ3) is 3.51. The molecule has 1 N–H and O–H groups in total. The van der Waals surface area contributed by atoms with Gasteiger partial charge in [-0.1, -0.05) is 19.1 Å². The van der Waals surface area contributed by atoms with E-state index in [0.717, 1.165) is 11.3 Å². The summed E-state index contributed by atoms with van der Waals surface area (Å²) in [5, 5.41) is 2.98. The molecular weight excluding hydrogens is 305 g/mol. The Morgan fingerprint density at radius 1 is 1.23 bits per heavy atom. The third-order valence-corrected chi connectivity index (χ3v) is 4.17. The van der Waals surface area contributed by atoms with E-state index in [-0.39, 0.29) is 12.2 Å². The van der Waals surface area contributed by atoms with Crippen molar-refractivity contribution in [3.8, 4) is 0 Å². The lowest BCUT2D eigenvalue weighted by molar-refractivity contribution is 0.0528. The normalized spacial score (nSPS) is 10.3. The van der Waals surface area contributed by atoms with Crippen molar-refractivity contribution >= 4 is 28.2 Å². The van der Waals surface area contributed by atoms with Gasteiger partial charge in [-0.05, 0) is 31.5 Å². The average molecular weight is 321 g/mol. The van der Waals surface area contributed by atoms with Crippen LogP contribution in [0.3, 0.4) is 0 Å². The van der Waals surface area contributed by atoms with Crippen LogP contribution in [0.25, 0.3) is 0 Å². The molecule has 0 bridgehead atoms. The number of benzene rings is 1. The molecule has 2 aromatic rings. The molecule has 0 saturated heterocycles. The van der Waals surface area contributed by atoms with E-state index in [1.165, 1.54) is 29.5 Å². The lowest BCUT2D eigenvalue weighted by Gasteiger charge is -2.06. The van der Waals surface area contributed by atoms with Crippen molar-refractivity contribution < 1.29 is 18.7 Å². The fourth-order valence-corrected chi connectivity index (χ4v) is 2.86. The summed E-state index contributed by atoms with van der Waals surface area (Å²) >= 11 is 1.29. The number of aryl methyl sites for hydroxylation is 1. The van der Waals surface area contributed by atoms with Gasteiger partial charge in [-0.3, -0.25) is 4.79 Å². The minimum atomic E-state index is -0.607. The summed E-state index contributed by atoms with van der Waals surface area (Å²) in [6.07, 6.45) is 0.729. The van der Waals surface area contributed by atoms with E-state index in [9.17, 15) is 14.0 Å². The highest BCUT2D eigenvalue weighted by Gasteiger charge is 2.20. The van der Waals surface area contributed by atoms with Crippen molar-refractivity contribution in [1.29, 1.82) is 0 Å². The van der Waals surface area contributed by atoms with Gasteiger partial charge in [-0.2, -0.15) is 0 Å². The summed E-state index contributed by atoms with van der Waals surface area (Å²) in [5.74, 6) is -1.69. The van der Waals surface area contributed by atoms with Crippen molar-refractivity contribution in [2.45, 2.75) is 20.3 Å². The molecule has 0 unspecified atom stereocenters. The highest BCUT2D eigenvalue weighted by Crippen LogP contribution is 2.30. The largest absolute Gasteiger partial charge is 0.462 e. The van der Waals surface area contributed by atoms with Crippen molar-refractivity contribution in [3.05, 3.63) is 52.2 Å². The summed E-state index contributed by atoms with van der Waals surface area (Å²) in [7, 11) is 0. The lowest BCUT2D eigenvalue weighted by atomic mass is 10.2. The van der Waals surface area contributed by atoms with E-state index in [1.807, 2.05) is 6.92 Å². The molecule has 1 amide bonds. The van der Waals surface area contributed by atoms with Crippen LogP contribution in [0.2, 0.25) is 0 Å². The van der Waals surface area contributed by atoms with Gasteiger partial charge in [0.2, 0.25) is 0 Å². The summed E-state index contributed by atoms with van der Waals surface area (Å²) in [6.45, 7) is 3.91. The monoisotopic (exact) mass is 321 g/mol. The van der Waals surface area contributed by atoms with Gasteiger partial charge in [-0.15, -0.1) is 11.3 Å². The number of hydrogen-bond acceptors (Lipinski definition) is 4. The average Bonchev–Trinajstić information content (AvgIpc) is 2.91. The van der Waals surface area contributed by atoms with Gasteiger partial charge in [-0.25, -0.2) is 9.18 Å². The molecule has 0 aliphatic rings. The number of rotatable bonds is 5. The minimum Gasteiger partial charge on any atom is -0.462 e. The molecule has 116 valence electrons. The van der Waals surface area contributed by atoms with Crippen LogP contribution < -0.4 is 5.32 Å². The van der Waals surface area contributed by atoms with E-state index in [2.05, 4.69) is 5.32 Å². The van der Waals surface area contributed by atoms with E-state index in [4.69, 9.17) is 4.74 Å². The molecule has 1 heterocycles. The topological polar surface area (TPSA) is 55.4 Å². The first-order valence-corrected chi connectivity index (χ1v) is 7.74. The molecule has 2 rings (SSSR count). The zero-order valence-electron chi connectivity index (χ0n) is 12.3. The Morgan fingerprint density at radius 3 is 2.59 bits per heavy atom. The predicted octanol–water partition coefficient (Wildman–Crippen LogP) is 3.88. The molecule has 0 radical (unpaired) electrons. The zero-order chi connectivity index (χ0) is 16.1. The third-order valence-electron chi connectivity index (χ3n) is 2.97. The second-order valence-corrected chi connectivity index (χ2v) is 5.60. The molecule has 4 nitrogen and oxygen atoms in total. The first-order chi connectivity index (χ1) is 10.6. The van der Waals surface area contributed by atoms with Crippen molar-refractivity contribution in [1.82, 2.24) is 0 Å². The number of carbonyl (C=O) groups excluding carboxylic acids is 2. The SMILES string of the molecule is CCOC(=O)c1cc(CC)sc1NC(=O)c1ccccc1F. The fraction of sp³-hybridized carbons (Fsp3) is 0.250. The molecule has 22 heavy (non-hydrogen) atoms. The van der Waals surface area contributed by atoms with E-state index < -0.39 is 17.7 Å². The summed E-state index contributed by atoms with van der Waals surface area (Å²) in [4.78, 5) is 25.0. The number of hydrogen-bond donors (Lipinski definition) is 1. The van der Waals surface area contributed by atoms with Crippen molar-refractivity contribution in [3.63, 3.8) is 0 Å². The molecule has 1 aromatic carbocycles. The van der Waals surface area contributed by atoms with Gasteiger partial charge in [0.25, 0.3) is 5.91 Å². The quantitative estimate of drug-likeness (QED) is 0.850. The highest BCUT2D eigenvalue weighted by atomic mass is 32.1. The molecule has 0 spiro atoms. The van der Waals surface area contributed by atoms with Gasteiger partial charge in [0.05, 0.1) is 17.7 Å². The first kappa shape index (κ1) is 16.2. The number of thiophene rings is 1. The number of ether oxygens (including phenoxy) is 1. The fourth-order valence-electron chi connectivity index (χ4n) is 1.89. The van der Waals surface area contributed by atoms with Gasteiger partial charge in [0.15, 0.2) is 0 Å². The van der Waals surface area contributed by atoms with Crippen LogP contribution >= 0.6 is 11.3 Å². The van der Waals surface area contributed by atoms with Crippen LogP contribution in [0.15, 0.2) is 30.3 Å². The summed E-state index contributed by atoms with van der Waals surface area (Å²) < 4.78 is 18.6. The van der Waals surface area contributed by atoms with Crippen LogP contribution in [-0.2, 0) is 11.2 Å². The Kier molecular flexibility index (Phi) is 5.27. The molecule has 0 fully saturated rings. The maximum atomic E-state index is 13.6. The summed E-state index contributed by atoms with van der Waals surface area (Å²) in [5.41, 5.74) is 0.233. The van der Waals surface area contributed by atoms with E-state index in [1.54, 1.807) is 19.1 Å². The van der Waals surface area contributed by atoms with E-state index in [0.29, 0.717) is 10.6 Å². The Hall–Kier alpha value is -2.21. The molecule has 0 aliphatic carbocycles. The lowest BCUT2D eigenvalue weighted by Crippen LogP contribution is -2.15. The number of esters is 1.